The van der Waals surface area contributed by atoms with E-state index in [-0.39, 0.29) is 24.3 Å². The van der Waals surface area contributed by atoms with Gasteiger partial charge in [0, 0.05) is 5.69 Å². The zero-order chi connectivity index (χ0) is 19.7. The van der Waals surface area contributed by atoms with Crippen molar-refractivity contribution in [3.8, 4) is 0 Å². The van der Waals surface area contributed by atoms with Crippen molar-refractivity contribution in [2.45, 2.75) is 32.9 Å². The first-order valence-electron chi connectivity index (χ1n) is 8.97. The minimum Gasteiger partial charge on any atom is -0.322 e. The summed E-state index contributed by atoms with van der Waals surface area (Å²) in [7, 11) is 0. The Morgan fingerprint density at radius 2 is 1.93 bits per heavy atom. The zero-order valence-corrected chi connectivity index (χ0v) is 16.8. The molecule has 6 nitrogen and oxygen atoms in total. The largest absolute Gasteiger partial charge is 0.501 e. The molecule has 1 aromatic rings. The molecule has 27 heavy (non-hydrogen) atoms. The van der Waals surface area contributed by atoms with Crippen molar-refractivity contribution >= 4 is 41.0 Å². The van der Waals surface area contributed by atoms with Gasteiger partial charge in [0.15, 0.2) is 11.8 Å². The predicted molar refractivity (Wildman–Crippen MR) is 107 cm³/mol. The van der Waals surface area contributed by atoms with Crippen molar-refractivity contribution < 1.29 is 19.0 Å². The lowest BCUT2D eigenvalue weighted by atomic mass is 10.1. The first-order valence-corrected chi connectivity index (χ1v) is 9.91. The number of urea groups is 1. The van der Waals surface area contributed by atoms with Crippen molar-refractivity contribution in [2.75, 3.05) is 18.4 Å². The summed E-state index contributed by atoms with van der Waals surface area (Å²) in [5.41, 5.74) is 3.28. The highest BCUT2D eigenvalue weighted by Gasteiger charge is 2.49. The molecule has 1 aromatic carbocycles. The van der Waals surface area contributed by atoms with Gasteiger partial charge in [-0.15, -0.1) is 11.8 Å². The maximum Gasteiger partial charge on any atom is 0.501 e. The van der Waals surface area contributed by atoms with Gasteiger partial charge in [0.1, 0.15) is 5.71 Å². The van der Waals surface area contributed by atoms with Crippen LogP contribution in [-0.2, 0) is 9.59 Å². The first-order chi connectivity index (χ1) is 12.8. The summed E-state index contributed by atoms with van der Waals surface area (Å²) in [5, 5.41) is 4.27. The molecule has 0 aromatic heterocycles. The summed E-state index contributed by atoms with van der Waals surface area (Å²) in [6.07, 6.45) is 1.75. The number of allylic oxidation sites excluding steroid dienone is 1. The van der Waals surface area contributed by atoms with Crippen LogP contribution in [0.25, 0.3) is 0 Å². The molecule has 0 aliphatic carbocycles. The van der Waals surface area contributed by atoms with Gasteiger partial charge in [0.2, 0.25) is 0 Å². The van der Waals surface area contributed by atoms with Crippen LogP contribution in [0.1, 0.15) is 25.0 Å². The van der Waals surface area contributed by atoms with Gasteiger partial charge in [0.05, 0.1) is 6.54 Å². The Morgan fingerprint density at radius 1 is 1.26 bits per heavy atom. The molecular weight excluding hydrogens is 362 g/mol. The SMILES string of the molecule is Cc1cccc(C)c1NC(=O)C[N+]1=C2C=CSC2C(=O)N(CC(C)C)C1=O. The number of carbonyl (C=O) groups is 3. The Kier molecular flexibility index (Phi) is 5.51. The van der Waals surface area contributed by atoms with E-state index >= 15 is 0 Å². The highest BCUT2D eigenvalue weighted by molar-refractivity contribution is 8.04. The van der Waals surface area contributed by atoms with Gasteiger partial charge in [0.25, 0.3) is 5.91 Å². The minimum absolute atomic E-state index is 0.120. The van der Waals surface area contributed by atoms with Crippen LogP contribution < -0.4 is 5.32 Å². The normalized spacial score (nSPS) is 19.1. The molecule has 0 fully saturated rings. The molecule has 0 bridgehead atoms. The lowest BCUT2D eigenvalue weighted by Gasteiger charge is -2.25. The highest BCUT2D eigenvalue weighted by Crippen LogP contribution is 2.28. The second-order valence-corrected chi connectivity index (χ2v) is 8.29. The van der Waals surface area contributed by atoms with Crippen LogP contribution in [0.2, 0.25) is 0 Å². The molecule has 0 radical (unpaired) electrons. The molecule has 2 aliphatic heterocycles. The van der Waals surface area contributed by atoms with E-state index in [1.807, 2.05) is 45.9 Å². The van der Waals surface area contributed by atoms with Gasteiger partial charge >= 0.3 is 11.9 Å². The standard InChI is InChI=1S/C20H23N3O3S/c1-12(2)10-23-19(25)18-15(8-9-27-18)22(20(23)26)11-16(24)21-17-13(3)6-5-7-14(17)4/h5-9,12,18H,10-11H2,1-4H3/p+1. The molecule has 0 saturated carbocycles. The first kappa shape index (κ1) is 19.4. The molecule has 142 valence electrons. The number of benzene rings is 1. The Morgan fingerprint density at radius 3 is 2.56 bits per heavy atom. The fraction of sp³-hybridized carbons (Fsp3) is 0.400. The number of carbonyl (C=O) groups excluding carboxylic acids is 3. The van der Waals surface area contributed by atoms with Crippen molar-refractivity contribution in [1.29, 1.82) is 0 Å². The van der Waals surface area contributed by atoms with Gasteiger partial charge in [-0.25, -0.2) is 4.79 Å². The number of nitrogens with one attached hydrogen (secondary N) is 1. The van der Waals surface area contributed by atoms with Gasteiger partial charge in [-0.3, -0.25) is 4.79 Å². The Hall–Kier alpha value is -2.41. The van der Waals surface area contributed by atoms with Gasteiger partial charge in [-0.05, 0) is 42.4 Å². The van der Waals surface area contributed by atoms with Crippen molar-refractivity contribution in [1.82, 2.24) is 4.90 Å². The second-order valence-electron chi connectivity index (χ2n) is 7.27. The number of imide groups is 1. The average Bonchev–Trinajstić information content (AvgIpc) is 3.08. The predicted octanol–water partition coefficient (Wildman–Crippen LogP) is 2.94. The number of nitrogens with zero attached hydrogens (tertiary/aromatic N) is 2. The maximum atomic E-state index is 12.9. The number of aryl methyl sites for hydroxylation is 2. The van der Waals surface area contributed by atoms with Crippen molar-refractivity contribution in [2.24, 2.45) is 5.92 Å². The van der Waals surface area contributed by atoms with E-state index in [0.717, 1.165) is 16.8 Å². The maximum absolute atomic E-state index is 12.9. The Balaban J connectivity index is 1.86. The van der Waals surface area contributed by atoms with Crippen LogP contribution in [0.4, 0.5) is 10.5 Å². The summed E-state index contributed by atoms with van der Waals surface area (Å²) in [4.78, 5) is 39.5. The van der Waals surface area contributed by atoms with Gasteiger partial charge in [-0.2, -0.15) is 14.3 Å². The molecule has 4 amide bonds. The quantitative estimate of drug-likeness (QED) is 0.790. The summed E-state index contributed by atoms with van der Waals surface area (Å²) < 4.78 is 1.42. The van der Waals surface area contributed by atoms with Crippen LogP contribution in [0.3, 0.4) is 0 Å². The summed E-state index contributed by atoms with van der Waals surface area (Å²) in [5.74, 6) is -0.328. The molecule has 2 heterocycles. The summed E-state index contributed by atoms with van der Waals surface area (Å²) in [6, 6.07) is 5.37. The Bertz CT molecular complexity index is 853. The molecule has 3 rings (SSSR count). The molecule has 0 saturated heterocycles. The number of rotatable bonds is 5. The van der Waals surface area contributed by atoms with E-state index in [4.69, 9.17) is 0 Å². The van der Waals surface area contributed by atoms with Crippen molar-refractivity contribution in [3.05, 3.63) is 40.8 Å². The zero-order valence-electron chi connectivity index (χ0n) is 16.0. The van der Waals surface area contributed by atoms with Crippen LogP contribution in [0, 0.1) is 19.8 Å². The average molecular weight is 386 g/mol. The number of hydrogen-bond donors (Lipinski definition) is 1. The number of para-hydroxylation sites is 1. The van der Waals surface area contributed by atoms with E-state index in [1.54, 1.807) is 11.5 Å². The summed E-state index contributed by atoms with van der Waals surface area (Å²) in [6.45, 7) is 8.00. The van der Waals surface area contributed by atoms with E-state index in [9.17, 15) is 14.4 Å². The fourth-order valence-electron chi connectivity index (χ4n) is 3.28. The highest BCUT2D eigenvalue weighted by atomic mass is 32.2. The van der Waals surface area contributed by atoms with E-state index in [0.29, 0.717) is 12.3 Å². The van der Waals surface area contributed by atoms with Crippen molar-refractivity contribution in [3.63, 3.8) is 0 Å². The fourth-order valence-corrected chi connectivity index (χ4v) is 4.24. The minimum atomic E-state index is -0.450. The molecule has 1 unspecified atom stereocenters. The van der Waals surface area contributed by atoms with Gasteiger partial charge in [-0.1, -0.05) is 32.0 Å². The molecule has 7 heteroatoms. The smallest absolute Gasteiger partial charge is 0.322 e. The van der Waals surface area contributed by atoms with Crippen LogP contribution in [0.5, 0.6) is 0 Å². The monoisotopic (exact) mass is 386 g/mol. The lowest BCUT2D eigenvalue weighted by Crippen LogP contribution is -2.57. The third-order valence-electron chi connectivity index (χ3n) is 4.58. The van der Waals surface area contributed by atoms with E-state index in [1.165, 1.54) is 21.2 Å². The lowest BCUT2D eigenvalue weighted by molar-refractivity contribution is -0.426. The van der Waals surface area contributed by atoms with Crippen LogP contribution in [-0.4, -0.2) is 51.4 Å². The Labute approximate surface area is 163 Å². The third-order valence-corrected chi connectivity index (χ3v) is 5.59. The topological polar surface area (TPSA) is 69.5 Å². The molecule has 0 spiro atoms. The van der Waals surface area contributed by atoms with Crippen LogP contribution in [0.15, 0.2) is 29.7 Å². The van der Waals surface area contributed by atoms with E-state index in [2.05, 4.69) is 5.32 Å². The van der Waals surface area contributed by atoms with Crippen LogP contribution >= 0.6 is 11.8 Å². The molecule has 1 N–H and O–H groups in total. The molecule has 2 aliphatic rings. The molecule has 1 atom stereocenters. The van der Waals surface area contributed by atoms with Gasteiger partial charge < -0.3 is 5.32 Å². The molecular formula is C20H24N3O3S+. The summed E-state index contributed by atoms with van der Waals surface area (Å²) >= 11 is 1.37. The number of thioether (sulfide) groups is 1. The number of amides is 4. The number of hydrogen-bond acceptors (Lipinski definition) is 4. The third kappa shape index (κ3) is 3.83. The number of fused-ring (bicyclic) bond motifs is 1. The number of anilines is 1. The second kappa shape index (κ2) is 7.68. The van der Waals surface area contributed by atoms with E-state index < -0.39 is 11.3 Å².